The van der Waals surface area contributed by atoms with E-state index in [1.807, 2.05) is 27.7 Å². The van der Waals surface area contributed by atoms with Gasteiger partial charge in [-0.2, -0.15) is 0 Å². The van der Waals surface area contributed by atoms with Gasteiger partial charge in [0, 0.05) is 17.6 Å². The molecule has 2 aromatic rings. The van der Waals surface area contributed by atoms with Crippen molar-refractivity contribution >= 4 is 40.2 Å². The fourth-order valence-electron chi connectivity index (χ4n) is 2.29. The molecule has 0 spiro atoms. The second kappa shape index (κ2) is 8.03. The van der Waals surface area contributed by atoms with E-state index in [0.717, 1.165) is 6.42 Å². The van der Waals surface area contributed by atoms with Crippen LogP contribution in [0.25, 0.3) is 10.9 Å². The predicted molar refractivity (Wildman–Crippen MR) is 100 cm³/mol. The SMILES string of the molecule is CCCNC(=O)[C@@H](C)Sc1nc2cc(Cl)ccc2c(=O)n1C(C)C. The van der Waals surface area contributed by atoms with Crippen LogP contribution in [0.5, 0.6) is 0 Å². The average molecular weight is 368 g/mol. The van der Waals surface area contributed by atoms with Gasteiger partial charge in [-0.3, -0.25) is 14.2 Å². The highest BCUT2D eigenvalue weighted by atomic mass is 35.5. The van der Waals surface area contributed by atoms with Crippen molar-refractivity contribution in [3.8, 4) is 0 Å². The molecule has 1 N–H and O–H groups in total. The fourth-order valence-corrected chi connectivity index (χ4v) is 3.53. The van der Waals surface area contributed by atoms with Gasteiger partial charge in [0.05, 0.1) is 16.2 Å². The first-order valence-corrected chi connectivity index (χ1v) is 9.27. The van der Waals surface area contributed by atoms with Crippen molar-refractivity contribution in [3.05, 3.63) is 33.6 Å². The molecule has 0 unspecified atom stereocenters. The quantitative estimate of drug-likeness (QED) is 0.625. The standard InChI is InChI=1S/C17H22ClN3O2S/c1-5-8-19-15(22)11(4)24-17-20-14-9-12(18)6-7-13(14)16(23)21(17)10(2)3/h6-7,9-11H,5,8H2,1-4H3,(H,19,22)/t11-/m1/s1. The van der Waals surface area contributed by atoms with Crippen LogP contribution in [0.2, 0.25) is 5.02 Å². The molecule has 1 amide bonds. The summed E-state index contributed by atoms with van der Waals surface area (Å²) in [5.41, 5.74) is 0.434. The van der Waals surface area contributed by atoms with Crippen LogP contribution in [0.15, 0.2) is 28.2 Å². The third-order valence-corrected chi connectivity index (χ3v) is 4.85. The second-order valence-corrected chi connectivity index (χ2v) is 7.62. The van der Waals surface area contributed by atoms with Crippen LogP contribution in [-0.2, 0) is 4.79 Å². The molecular formula is C17H22ClN3O2S. The van der Waals surface area contributed by atoms with Crippen LogP contribution < -0.4 is 10.9 Å². The van der Waals surface area contributed by atoms with Crippen LogP contribution in [0.4, 0.5) is 0 Å². The van der Waals surface area contributed by atoms with Crippen molar-refractivity contribution in [1.29, 1.82) is 0 Å². The summed E-state index contributed by atoms with van der Waals surface area (Å²) in [5.74, 6) is -0.0578. The number of amides is 1. The third kappa shape index (κ3) is 4.11. The lowest BCUT2D eigenvalue weighted by molar-refractivity contribution is -0.120. The van der Waals surface area contributed by atoms with E-state index < -0.39 is 0 Å². The number of aromatic nitrogens is 2. The van der Waals surface area contributed by atoms with E-state index in [-0.39, 0.29) is 22.8 Å². The van der Waals surface area contributed by atoms with E-state index in [1.54, 1.807) is 22.8 Å². The highest BCUT2D eigenvalue weighted by molar-refractivity contribution is 8.00. The minimum Gasteiger partial charge on any atom is -0.355 e. The number of fused-ring (bicyclic) bond motifs is 1. The van der Waals surface area contributed by atoms with Crippen LogP contribution in [-0.4, -0.2) is 27.3 Å². The van der Waals surface area contributed by atoms with Crippen molar-refractivity contribution in [1.82, 2.24) is 14.9 Å². The van der Waals surface area contributed by atoms with Crippen molar-refractivity contribution in [2.75, 3.05) is 6.54 Å². The molecule has 5 nitrogen and oxygen atoms in total. The van der Waals surface area contributed by atoms with E-state index >= 15 is 0 Å². The smallest absolute Gasteiger partial charge is 0.262 e. The van der Waals surface area contributed by atoms with Gasteiger partial charge in [0.2, 0.25) is 5.91 Å². The Morgan fingerprint density at radius 2 is 2.08 bits per heavy atom. The number of benzene rings is 1. The Morgan fingerprint density at radius 3 is 2.71 bits per heavy atom. The van der Waals surface area contributed by atoms with Gasteiger partial charge in [-0.1, -0.05) is 30.3 Å². The zero-order valence-electron chi connectivity index (χ0n) is 14.3. The summed E-state index contributed by atoms with van der Waals surface area (Å²) in [6.45, 7) is 8.31. The van der Waals surface area contributed by atoms with Crippen LogP contribution in [0.3, 0.4) is 0 Å². The van der Waals surface area contributed by atoms with Crippen molar-refractivity contribution in [2.45, 2.75) is 50.6 Å². The topological polar surface area (TPSA) is 64.0 Å². The molecule has 0 saturated heterocycles. The third-order valence-electron chi connectivity index (χ3n) is 3.55. The van der Waals surface area contributed by atoms with E-state index in [1.165, 1.54) is 11.8 Å². The Labute approximate surface area is 150 Å². The maximum Gasteiger partial charge on any atom is 0.262 e. The molecule has 1 aromatic carbocycles. The summed E-state index contributed by atoms with van der Waals surface area (Å²) >= 11 is 7.31. The largest absolute Gasteiger partial charge is 0.355 e. The molecular weight excluding hydrogens is 346 g/mol. The number of halogens is 1. The zero-order valence-corrected chi connectivity index (χ0v) is 15.9. The monoisotopic (exact) mass is 367 g/mol. The molecule has 0 aliphatic rings. The summed E-state index contributed by atoms with van der Waals surface area (Å²) in [7, 11) is 0. The molecule has 0 bridgehead atoms. The average Bonchev–Trinajstić information content (AvgIpc) is 2.51. The molecule has 1 heterocycles. The van der Waals surface area contributed by atoms with E-state index in [4.69, 9.17) is 11.6 Å². The van der Waals surface area contributed by atoms with Crippen LogP contribution in [0, 0.1) is 0 Å². The molecule has 1 atom stereocenters. The van der Waals surface area contributed by atoms with E-state index in [0.29, 0.717) is 27.6 Å². The lowest BCUT2D eigenvalue weighted by Crippen LogP contribution is -2.32. The minimum absolute atomic E-state index is 0.0570. The van der Waals surface area contributed by atoms with E-state index in [9.17, 15) is 9.59 Å². The summed E-state index contributed by atoms with van der Waals surface area (Å²) in [5, 5.41) is 4.11. The first-order valence-electron chi connectivity index (χ1n) is 8.01. The van der Waals surface area contributed by atoms with Crippen LogP contribution in [0.1, 0.15) is 40.2 Å². The highest BCUT2D eigenvalue weighted by Gasteiger charge is 2.20. The molecule has 2 rings (SSSR count). The summed E-state index contributed by atoms with van der Waals surface area (Å²) in [4.78, 5) is 29.5. The first-order chi connectivity index (χ1) is 11.3. The number of nitrogens with one attached hydrogen (secondary N) is 1. The summed E-state index contributed by atoms with van der Waals surface area (Å²) < 4.78 is 1.63. The molecule has 0 fully saturated rings. The zero-order chi connectivity index (χ0) is 17.9. The molecule has 0 radical (unpaired) electrons. The van der Waals surface area contributed by atoms with Gasteiger partial charge in [-0.15, -0.1) is 0 Å². The number of hydrogen-bond acceptors (Lipinski definition) is 4. The van der Waals surface area contributed by atoms with Gasteiger partial charge in [-0.05, 0) is 45.4 Å². The molecule has 7 heteroatoms. The Bertz CT molecular complexity index is 804. The Hall–Kier alpha value is -1.53. The van der Waals surface area contributed by atoms with Crippen molar-refractivity contribution < 1.29 is 4.79 Å². The number of carbonyl (C=O) groups excluding carboxylic acids is 1. The van der Waals surface area contributed by atoms with Gasteiger partial charge >= 0.3 is 0 Å². The molecule has 0 aliphatic heterocycles. The van der Waals surface area contributed by atoms with Gasteiger partial charge in [-0.25, -0.2) is 4.98 Å². The van der Waals surface area contributed by atoms with Gasteiger partial charge in [0.25, 0.3) is 5.56 Å². The second-order valence-electron chi connectivity index (χ2n) is 5.88. The maximum atomic E-state index is 12.8. The lowest BCUT2D eigenvalue weighted by Gasteiger charge is -2.18. The Balaban J connectivity index is 2.46. The number of nitrogens with zero attached hydrogens (tertiary/aromatic N) is 2. The molecule has 1 aromatic heterocycles. The highest BCUT2D eigenvalue weighted by Crippen LogP contribution is 2.25. The minimum atomic E-state index is -0.343. The van der Waals surface area contributed by atoms with Crippen molar-refractivity contribution in [3.63, 3.8) is 0 Å². The number of thioether (sulfide) groups is 1. The van der Waals surface area contributed by atoms with Gasteiger partial charge in [0.1, 0.15) is 0 Å². The Kier molecular flexibility index (Phi) is 6.29. The number of rotatable bonds is 6. The van der Waals surface area contributed by atoms with Crippen LogP contribution >= 0.6 is 23.4 Å². The number of carbonyl (C=O) groups is 1. The maximum absolute atomic E-state index is 12.8. The van der Waals surface area contributed by atoms with Gasteiger partial charge in [0.15, 0.2) is 5.16 Å². The Morgan fingerprint density at radius 1 is 1.38 bits per heavy atom. The fraction of sp³-hybridized carbons (Fsp3) is 0.471. The van der Waals surface area contributed by atoms with Crippen molar-refractivity contribution in [2.24, 2.45) is 0 Å². The first kappa shape index (κ1) is 18.8. The normalized spacial score (nSPS) is 12.6. The van der Waals surface area contributed by atoms with Gasteiger partial charge < -0.3 is 5.32 Å². The lowest BCUT2D eigenvalue weighted by atomic mass is 10.2. The molecule has 24 heavy (non-hydrogen) atoms. The summed E-state index contributed by atoms with van der Waals surface area (Å²) in [6.07, 6.45) is 0.882. The molecule has 130 valence electrons. The number of hydrogen-bond donors (Lipinski definition) is 1. The molecule has 0 saturated carbocycles. The van der Waals surface area contributed by atoms with E-state index in [2.05, 4.69) is 10.3 Å². The summed E-state index contributed by atoms with van der Waals surface area (Å²) in [6, 6.07) is 5.00. The molecule has 0 aliphatic carbocycles. The predicted octanol–water partition coefficient (Wildman–Crippen LogP) is 3.64.